The molecule has 108 valence electrons. The standard InChI is InChI=1S/C17H17NO3/c1-3-10-7-12(19)5-6-14(10)17-18-15-9-13(20)8-11(4-2)16(15)21-17/h5-9,19-20H,3-4H2,1-2H3. The molecule has 0 atom stereocenters. The molecular weight excluding hydrogens is 266 g/mol. The first kappa shape index (κ1) is 13.5. The van der Waals surface area contributed by atoms with Crippen molar-refractivity contribution >= 4 is 11.1 Å². The monoisotopic (exact) mass is 283 g/mol. The van der Waals surface area contributed by atoms with E-state index in [1.165, 1.54) is 0 Å². The van der Waals surface area contributed by atoms with Crippen LogP contribution in [0.1, 0.15) is 25.0 Å². The molecule has 1 heterocycles. The number of nitrogens with zero attached hydrogens (tertiary/aromatic N) is 1. The predicted octanol–water partition coefficient (Wildman–Crippen LogP) is 4.03. The molecule has 3 aromatic rings. The van der Waals surface area contributed by atoms with E-state index < -0.39 is 0 Å². The smallest absolute Gasteiger partial charge is 0.227 e. The number of oxazole rings is 1. The number of rotatable bonds is 3. The van der Waals surface area contributed by atoms with Gasteiger partial charge in [0, 0.05) is 17.2 Å². The lowest BCUT2D eigenvalue weighted by molar-refractivity contribution is 0.474. The number of aryl methyl sites for hydroxylation is 2. The normalized spacial score (nSPS) is 11.1. The van der Waals surface area contributed by atoms with Crippen LogP contribution in [0.3, 0.4) is 0 Å². The van der Waals surface area contributed by atoms with E-state index in [2.05, 4.69) is 4.98 Å². The fraction of sp³-hybridized carbons (Fsp3) is 0.235. The van der Waals surface area contributed by atoms with Gasteiger partial charge in [0.2, 0.25) is 5.89 Å². The predicted molar refractivity (Wildman–Crippen MR) is 81.5 cm³/mol. The minimum absolute atomic E-state index is 0.195. The number of phenolic OH excluding ortho intramolecular Hbond substituents is 2. The van der Waals surface area contributed by atoms with Crippen molar-refractivity contribution in [3.05, 3.63) is 41.5 Å². The van der Waals surface area contributed by atoms with E-state index in [1.54, 1.807) is 24.3 Å². The number of aromatic hydroxyl groups is 2. The zero-order valence-corrected chi connectivity index (χ0v) is 12.1. The van der Waals surface area contributed by atoms with Gasteiger partial charge in [-0.15, -0.1) is 0 Å². The number of hydrogen-bond donors (Lipinski definition) is 2. The van der Waals surface area contributed by atoms with Gasteiger partial charge in [-0.3, -0.25) is 0 Å². The fourth-order valence-electron chi connectivity index (χ4n) is 2.54. The molecule has 0 amide bonds. The number of aromatic nitrogens is 1. The minimum atomic E-state index is 0.195. The Morgan fingerprint density at radius 1 is 0.952 bits per heavy atom. The highest BCUT2D eigenvalue weighted by Crippen LogP contribution is 2.32. The third-order valence-corrected chi connectivity index (χ3v) is 3.63. The lowest BCUT2D eigenvalue weighted by Crippen LogP contribution is -1.87. The Balaban J connectivity index is 2.22. The zero-order valence-electron chi connectivity index (χ0n) is 12.1. The van der Waals surface area contributed by atoms with Gasteiger partial charge in [-0.2, -0.15) is 0 Å². The Labute approximate surface area is 122 Å². The summed E-state index contributed by atoms with van der Waals surface area (Å²) in [6.45, 7) is 4.03. The second-order valence-electron chi connectivity index (χ2n) is 5.02. The zero-order chi connectivity index (χ0) is 15.0. The molecule has 0 bridgehead atoms. The first-order valence-electron chi connectivity index (χ1n) is 7.07. The number of benzene rings is 2. The molecule has 0 unspecified atom stereocenters. The third-order valence-electron chi connectivity index (χ3n) is 3.63. The van der Waals surface area contributed by atoms with E-state index >= 15 is 0 Å². The summed E-state index contributed by atoms with van der Waals surface area (Å²) in [5.74, 6) is 0.946. The maximum absolute atomic E-state index is 9.74. The van der Waals surface area contributed by atoms with Crippen LogP contribution in [0.5, 0.6) is 11.5 Å². The van der Waals surface area contributed by atoms with Crippen molar-refractivity contribution in [2.75, 3.05) is 0 Å². The van der Waals surface area contributed by atoms with Crippen molar-refractivity contribution in [3.63, 3.8) is 0 Å². The summed E-state index contributed by atoms with van der Waals surface area (Å²) in [5.41, 5.74) is 4.13. The van der Waals surface area contributed by atoms with Crippen LogP contribution in [0.15, 0.2) is 34.7 Å². The van der Waals surface area contributed by atoms with Gasteiger partial charge in [0.25, 0.3) is 0 Å². The van der Waals surface area contributed by atoms with Gasteiger partial charge in [0.1, 0.15) is 17.0 Å². The molecule has 0 aliphatic carbocycles. The lowest BCUT2D eigenvalue weighted by atomic mass is 10.0. The van der Waals surface area contributed by atoms with Crippen LogP contribution in [0.25, 0.3) is 22.6 Å². The van der Waals surface area contributed by atoms with Gasteiger partial charge in [0.15, 0.2) is 5.58 Å². The summed E-state index contributed by atoms with van der Waals surface area (Å²) in [6, 6.07) is 8.47. The topological polar surface area (TPSA) is 66.5 Å². The van der Waals surface area contributed by atoms with Crippen LogP contribution >= 0.6 is 0 Å². The summed E-state index contributed by atoms with van der Waals surface area (Å²) in [5, 5.41) is 19.3. The SMILES string of the molecule is CCc1cc(O)ccc1-c1nc2cc(O)cc(CC)c2o1. The van der Waals surface area contributed by atoms with E-state index in [0.29, 0.717) is 17.0 Å². The van der Waals surface area contributed by atoms with Crippen LogP contribution in [0.2, 0.25) is 0 Å². The highest BCUT2D eigenvalue weighted by Gasteiger charge is 2.15. The molecule has 0 spiro atoms. The van der Waals surface area contributed by atoms with Crippen molar-refractivity contribution in [2.24, 2.45) is 0 Å². The van der Waals surface area contributed by atoms with E-state index in [4.69, 9.17) is 4.42 Å². The summed E-state index contributed by atoms with van der Waals surface area (Å²) >= 11 is 0. The molecule has 4 nitrogen and oxygen atoms in total. The Morgan fingerprint density at radius 2 is 1.67 bits per heavy atom. The largest absolute Gasteiger partial charge is 0.508 e. The number of hydrogen-bond acceptors (Lipinski definition) is 4. The minimum Gasteiger partial charge on any atom is -0.508 e. The van der Waals surface area contributed by atoms with Gasteiger partial charge in [-0.05, 0) is 42.7 Å². The Morgan fingerprint density at radius 3 is 2.38 bits per heavy atom. The van der Waals surface area contributed by atoms with Crippen LogP contribution < -0.4 is 0 Å². The van der Waals surface area contributed by atoms with Crippen molar-refractivity contribution in [1.29, 1.82) is 0 Å². The van der Waals surface area contributed by atoms with Crippen LogP contribution in [-0.4, -0.2) is 15.2 Å². The molecule has 0 aliphatic heterocycles. The fourth-order valence-corrected chi connectivity index (χ4v) is 2.54. The highest BCUT2D eigenvalue weighted by atomic mass is 16.3. The van der Waals surface area contributed by atoms with Crippen molar-refractivity contribution in [3.8, 4) is 23.0 Å². The molecule has 0 saturated heterocycles. The van der Waals surface area contributed by atoms with Gasteiger partial charge in [0.05, 0.1) is 0 Å². The number of fused-ring (bicyclic) bond motifs is 1. The molecule has 0 aliphatic rings. The van der Waals surface area contributed by atoms with Crippen LogP contribution in [0, 0.1) is 0 Å². The average molecular weight is 283 g/mol. The van der Waals surface area contributed by atoms with Crippen molar-refractivity contribution < 1.29 is 14.6 Å². The maximum atomic E-state index is 9.74. The number of phenols is 2. The Bertz CT molecular complexity index is 805. The summed E-state index contributed by atoms with van der Waals surface area (Å²) in [6.07, 6.45) is 1.53. The molecule has 3 rings (SSSR count). The molecular formula is C17H17NO3. The lowest BCUT2D eigenvalue weighted by Gasteiger charge is -2.04. The molecule has 0 saturated carbocycles. The molecule has 2 N–H and O–H groups in total. The van der Waals surface area contributed by atoms with Crippen LogP contribution in [0.4, 0.5) is 0 Å². The molecule has 1 aromatic heterocycles. The van der Waals surface area contributed by atoms with E-state index in [0.717, 1.165) is 29.5 Å². The third kappa shape index (κ3) is 2.33. The molecule has 0 fully saturated rings. The summed E-state index contributed by atoms with van der Waals surface area (Å²) in [7, 11) is 0. The van der Waals surface area contributed by atoms with Crippen molar-refractivity contribution in [2.45, 2.75) is 26.7 Å². The molecule has 2 aromatic carbocycles. The van der Waals surface area contributed by atoms with E-state index in [9.17, 15) is 10.2 Å². The summed E-state index contributed by atoms with van der Waals surface area (Å²) < 4.78 is 5.91. The molecule has 0 radical (unpaired) electrons. The van der Waals surface area contributed by atoms with E-state index in [1.807, 2.05) is 19.9 Å². The van der Waals surface area contributed by atoms with Gasteiger partial charge in [-0.25, -0.2) is 4.98 Å². The molecule has 4 heteroatoms. The second kappa shape index (κ2) is 5.13. The molecule has 21 heavy (non-hydrogen) atoms. The van der Waals surface area contributed by atoms with Gasteiger partial charge < -0.3 is 14.6 Å². The van der Waals surface area contributed by atoms with Gasteiger partial charge >= 0.3 is 0 Å². The average Bonchev–Trinajstić information content (AvgIpc) is 2.89. The van der Waals surface area contributed by atoms with E-state index in [-0.39, 0.29) is 11.5 Å². The Kier molecular flexibility index (Phi) is 3.29. The van der Waals surface area contributed by atoms with Gasteiger partial charge in [-0.1, -0.05) is 13.8 Å². The highest BCUT2D eigenvalue weighted by molar-refractivity contribution is 5.81. The quantitative estimate of drug-likeness (QED) is 0.761. The summed E-state index contributed by atoms with van der Waals surface area (Å²) in [4.78, 5) is 4.48. The first-order valence-corrected chi connectivity index (χ1v) is 7.07. The second-order valence-corrected chi connectivity index (χ2v) is 5.02. The van der Waals surface area contributed by atoms with Crippen molar-refractivity contribution in [1.82, 2.24) is 4.98 Å². The maximum Gasteiger partial charge on any atom is 0.227 e. The first-order chi connectivity index (χ1) is 10.1. The van der Waals surface area contributed by atoms with Crippen LogP contribution in [-0.2, 0) is 12.8 Å². The Hall–Kier alpha value is -2.49.